The Morgan fingerprint density at radius 3 is 2.42 bits per heavy atom. The second-order valence-electron chi connectivity index (χ2n) is 14.5. The van der Waals surface area contributed by atoms with E-state index in [1.165, 1.54) is 31.5 Å². The number of amides is 4. The zero-order valence-electron chi connectivity index (χ0n) is 30.3. The molecular weight excluding hydrogens is 659 g/mol. The first-order valence-electron chi connectivity index (χ1n) is 16.9. The van der Waals surface area contributed by atoms with E-state index in [2.05, 4.69) is 16.7 Å². The SMILES string of the molecule is COC(=O)CSC(C)(C)C(NC(=O)[C@H](C)N(C)C(=O)OC(C)(C)C)C(=O)N1Cc2cc(N)ccc2C[C@H]1C(=O)N[C@@H]1CCCc2ccccc21. The topological polar surface area (TPSA) is 160 Å². The molecule has 1 aliphatic heterocycles. The number of hydrogen-bond donors (Lipinski definition) is 3. The third-order valence-electron chi connectivity index (χ3n) is 9.29. The molecule has 4 N–H and O–H groups in total. The lowest BCUT2D eigenvalue weighted by atomic mass is 9.87. The van der Waals surface area contributed by atoms with Crippen molar-refractivity contribution in [2.75, 3.05) is 25.6 Å². The predicted molar refractivity (Wildman–Crippen MR) is 193 cm³/mol. The van der Waals surface area contributed by atoms with Gasteiger partial charge in [-0.05, 0) is 95.2 Å². The molecule has 0 aromatic heterocycles. The molecule has 4 atom stereocenters. The molecule has 0 fully saturated rings. The van der Waals surface area contributed by atoms with Gasteiger partial charge in [-0.2, -0.15) is 0 Å². The Balaban J connectivity index is 1.68. The molecule has 0 saturated heterocycles. The Bertz CT molecular complexity index is 1610. The number of anilines is 1. The quantitative estimate of drug-likeness (QED) is 0.243. The average Bonchev–Trinajstić information content (AvgIpc) is 3.07. The van der Waals surface area contributed by atoms with Gasteiger partial charge in [0.1, 0.15) is 23.7 Å². The van der Waals surface area contributed by atoms with E-state index >= 15 is 0 Å². The molecule has 2 aliphatic rings. The van der Waals surface area contributed by atoms with Gasteiger partial charge in [-0.25, -0.2) is 4.79 Å². The highest BCUT2D eigenvalue weighted by Crippen LogP contribution is 2.34. The lowest BCUT2D eigenvalue weighted by molar-refractivity contribution is -0.146. The summed E-state index contributed by atoms with van der Waals surface area (Å²) in [5.41, 5.74) is 9.85. The van der Waals surface area contributed by atoms with Gasteiger partial charge in [0.15, 0.2) is 0 Å². The van der Waals surface area contributed by atoms with Gasteiger partial charge in [0.05, 0.1) is 18.9 Å². The van der Waals surface area contributed by atoms with Crippen molar-refractivity contribution in [1.82, 2.24) is 20.4 Å². The monoisotopic (exact) mass is 709 g/mol. The summed E-state index contributed by atoms with van der Waals surface area (Å²) >= 11 is 1.14. The van der Waals surface area contributed by atoms with E-state index in [0.29, 0.717) is 5.69 Å². The van der Waals surface area contributed by atoms with Crippen molar-refractivity contribution in [2.24, 2.45) is 0 Å². The minimum absolute atomic E-state index is 0.0794. The van der Waals surface area contributed by atoms with Crippen LogP contribution in [0, 0.1) is 0 Å². The first kappa shape index (κ1) is 38.5. The van der Waals surface area contributed by atoms with Crippen LogP contribution in [-0.2, 0) is 48.0 Å². The highest BCUT2D eigenvalue weighted by Gasteiger charge is 2.45. The van der Waals surface area contributed by atoms with Crippen LogP contribution in [0.3, 0.4) is 0 Å². The molecule has 50 heavy (non-hydrogen) atoms. The summed E-state index contributed by atoms with van der Waals surface area (Å²) in [6, 6.07) is 10.2. The minimum Gasteiger partial charge on any atom is -0.468 e. The number of benzene rings is 2. The number of methoxy groups -OCH3 is 1. The molecule has 1 aliphatic carbocycles. The van der Waals surface area contributed by atoms with Crippen molar-refractivity contribution in [3.8, 4) is 0 Å². The summed E-state index contributed by atoms with van der Waals surface area (Å²) in [4.78, 5) is 70.6. The molecule has 0 saturated carbocycles. The molecule has 2 aromatic rings. The zero-order chi connectivity index (χ0) is 37.0. The summed E-state index contributed by atoms with van der Waals surface area (Å²) in [7, 11) is 2.72. The molecule has 272 valence electrons. The molecule has 12 nitrogen and oxygen atoms in total. The van der Waals surface area contributed by atoms with Gasteiger partial charge in [0.25, 0.3) is 0 Å². The van der Waals surface area contributed by atoms with Crippen molar-refractivity contribution in [1.29, 1.82) is 0 Å². The van der Waals surface area contributed by atoms with E-state index < -0.39 is 52.4 Å². The van der Waals surface area contributed by atoms with Crippen molar-refractivity contribution in [3.63, 3.8) is 0 Å². The Kier molecular flexibility index (Phi) is 12.1. The average molecular weight is 710 g/mol. The zero-order valence-corrected chi connectivity index (χ0v) is 31.1. The van der Waals surface area contributed by atoms with Crippen molar-refractivity contribution in [3.05, 3.63) is 64.7 Å². The summed E-state index contributed by atoms with van der Waals surface area (Å²) < 4.78 is 9.24. The number of nitrogen functional groups attached to an aromatic ring is 1. The van der Waals surface area contributed by atoms with E-state index in [0.717, 1.165) is 52.6 Å². The van der Waals surface area contributed by atoms with E-state index in [1.54, 1.807) is 46.8 Å². The number of esters is 1. The molecule has 2 aromatic carbocycles. The van der Waals surface area contributed by atoms with Crippen LogP contribution in [0.4, 0.5) is 10.5 Å². The molecule has 4 rings (SSSR count). The van der Waals surface area contributed by atoms with Gasteiger partial charge in [-0.1, -0.05) is 30.3 Å². The normalized spacial score (nSPS) is 18.4. The third-order valence-corrected chi connectivity index (χ3v) is 10.7. The highest BCUT2D eigenvalue weighted by molar-refractivity contribution is 8.01. The number of carbonyl (C=O) groups excluding carboxylic acids is 5. The maximum Gasteiger partial charge on any atom is 0.410 e. The van der Waals surface area contributed by atoms with E-state index in [9.17, 15) is 24.0 Å². The van der Waals surface area contributed by atoms with Crippen LogP contribution in [0.1, 0.15) is 82.7 Å². The molecular formula is C37H51N5O7S. The molecule has 1 unspecified atom stereocenters. The van der Waals surface area contributed by atoms with Crippen molar-refractivity contribution < 1.29 is 33.4 Å². The van der Waals surface area contributed by atoms with Gasteiger partial charge < -0.3 is 30.7 Å². The number of nitrogens with two attached hydrogens (primary N) is 1. The largest absolute Gasteiger partial charge is 0.468 e. The number of thioether (sulfide) groups is 1. The number of aryl methyl sites for hydroxylation is 1. The van der Waals surface area contributed by atoms with Crippen LogP contribution in [-0.4, -0.2) is 88.0 Å². The van der Waals surface area contributed by atoms with Crippen LogP contribution in [0.2, 0.25) is 0 Å². The Morgan fingerprint density at radius 1 is 1.04 bits per heavy atom. The fraction of sp³-hybridized carbons (Fsp3) is 0.541. The Labute approximate surface area is 299 Å². The van der Waals surface area contributed by atoms with Gasteiger partial charge in [-0.3, -0.25) is 24.1 Å². The lowest BCUT2D eigenvalue weighted by Crippen LogP contribution is -2.64. The van der Waals surface area contributed by atoms with Crippen LogP contribution in [0.15, 0.2) is 42.5 Å². The summed E-state index contributed by atoms with van der Waals surface area (Å²) in [6.07, 6.45) is 2.18. The number of likely N-dealkylation sites (N-methyl/N-ethyl adjacent to an activating group) is 1. The van der Waals surface area contributed by atoms with Crippen LogP contribution >= 0.6 is 11.8 Å². The van der Waals surface area contributed by atoms with E-state index in [1.807, 2.05) is 24.3 Å². The van der Waals surface area contributed by atoms with Crippen molar-refractivity contribution >= 4 is 47.2 Å². The lowest BCUT2D eigenvalue weighted by Gasteiger charge is -2.42. The number of nitrogens with zero attached hydrogens (tertiary/aromatic N) is 2. The van der Waals surface area contributed by atoms with Gasteiger partial charge >= 0.3 is 12.1 Å². The van der Waals surface area contributed by atoms with Crippen LogP contribution in [0.25, 0.3) is 0 Å². The second kappa shape index (κ2) is 15.7. The Morgan fingerprint density at radius 2 is 1.74 bits per heavy atom. The molecule has 4 amide bonds. The maximum absolute atomic E-state index is 14.9. The number of fused-ring (bicyclic) bond motifs is 2. The molecule has 0 spiro atoms. The standard InChI is InChI=1S/C37H51N5O7S/c1-22(41(7)35(47)49-36(2,3)4)32(44)40-31(37(5,6)50-21-30(43)48-8)34(46)42-20-25-18-26(38)17-16-24(25)19-29(42)33(45)39-28-15-11-13-23-12-9-10-14-27(23)28/h9-10,12,14,16-18,22,28-29,31H,11,13,15,19-21,38H2,1-8H3,(H,39,45)(H,40,44)/t22-,28+,29-,31?/m0/s1. The second-order valence-corrected chi connectivity index (χ2v) is 16.2. The van der Waals surface area contributed by atoms with Crippen LogP contribution < -0.4 is 16.4 Å². The molecule has 13 heteroatoms. The summed E-state index contributed by atoms with van der Waals surface area (Å²) in [6.45, 7) is 10.3. The van der Waals surface area contributed by atoms with Crippen molar-refractivity contribution in [2.45, 2.75) is 108 Å². The molecule has 0 bridgehead atoms. The van der Waals surface area contributed by atoms with E-state index in [-0.39, 0.29) is 30.7 Å². The summed E-state index contributed by atoms with van der Waals surface area (Å²) in [5.74, 6) is -1.99. The smallest absolute Gasteiger partial charge is 0.410 e. The number of hydrogen-bond acceptors (Lipinski definition) is 9. The maximum atomic E-state index is 14.9. The first-order chi connectivity index (χ1) is 23.4. The third kappa shape index (κ3) is 9.29. The van der Waals surface area contributed by atoms with Gasteiger partial charge in [-0.15, -0.1) is 11.8 Å². The molecule has 1 heterocycles. The molecule has 0 radical (unpaired) electrons. The Hall–Kier alpha value is -4.26. The highest BCUT2D eigenvalue weighted by atomic mass is 32.2. The summed E-state index contributed by atoms with van der Waals surface area (Å²) in [5, 5.41) is 6.11. The van der Waals surface area contributed by atoms with Gasteiger partial charge in [0, 0.05) is 30.4 Å². The number of nitrogens with one attached hydrogen (secondary N) is 2. The first-order valence-corrected chi connectivity index (χ1v) is 17.9. The number of rotatable bonds is 10. The number of ether oxygens (including phenoxy) is 2. The fourth-order valence-electron chi connectivity index (χ4n) is 6.26. The minimum atomic E-state index is -1.22. The van der Waals surface area contributed by atoms with Crippen LogP contribution in [0.5, 0.6) is 0 Å². The fourth-order valence-corrected chi connectivity index (χ4v) is 7.19. The van der Waals surface area contributed by atoms with Gasteiger partial charge in [0.2, 0.25) is 17.7 Å². The number of carbonyl (C=O) groups is 5. The predicted octanol–water partition coefficient (Wildman–Crippen LogP) is 4.14. The van der Waals surface area contributed by atoms with E-state index in [4.69, 9.17) is 15.2 Å².